The molecule has 0 N–H and O–H groups in total. The highest BCUT2D eigenvalue weighted by atomic mass is 16.8. The van der Waals surface area contributed by atoms with Crippen molar-refractivity contribution in [3.05, 3.63) is 35.8 Å². The Labute approximate surface area is 169 Å². The highest BCUT2D eigenvalue weighted by molar-refractivity contribution is 5.33. The van der Waals surface area contributed by atoms with Gasteiger partial charge in [0, 0.05) is 24.0 Å². The van der Waals surface area contributed by atoms with Crippen LogP contribution in [-0.4, -0.2) is 5.79 Å². The van der Waals surface area contributed by atoms with Gasteiger partial charge in [-0.1, -0.05) is 48.0 Å². The normalized spacial score (nSPS) is 17.5. The van der Waals surface area contributed by atoms with E-state index in [4.69, 9.17) is 18.3 Å². The largest absolute Gasteiger partial charge is 0.434 e. The van der Waals surface area contributed by atoms with Gasteiger partial charge in [-0.25, -0.2) is 0 Å². The summed E-state index contributed by atoms with van der Waals surface area (Å²) < 4.78 is 24.6. The van der Waals surface area contributed by atoms with Gasteiger partial charge in [0.05, 0.1) is 12.5 Å². The van der Waals surface area contributed by atoms with Crippen LogP contribution in [-0.2, 0) is 10.8 Å². The second-order valence-electron chi connectivity index (χ2n) is 9.39. The molecule has 0 aromatic carbocycles. The maximum Gasteiger partial charge on any atom is 0.291 e. The Morgan fingerprint density at radius 2 is 1.21 bits per heavy atom. The minimum Gasteiger partial charge on any atom is -0.434 e. The van der Waals surface area contributed by atoms with Gasteiger partial charge in [0.1, 0.15) is 0 Å². The molecule has 0 bridgehead atoms. The van der Waals surface area contributed by atoms with Crippen LogP contribution < -0.4 is 9.47 Å². The second kappa shape index (κ2) is 7.88. The van der Waals surface area contributed by atoms with E-state index in [-0.39, 0.29) is 10.8 Å². The molecule has 2 aromatic rings. The van der Waals surface area contributed by atoms with Gasteiger partial charge in [-0.15, -0.1) is 0 Å². The molecule has 28 heavy (non-hydrogen) atoms. The molecule has 0 amide bonds. The molecule has 0 unspecified atom stereocenters. The Balaban J connectivity index is 1.92. The molecule has 4 heteroatoms. The number of ether oxygens (including phenoxy) is 2. The van der Waals surface area contributed by atoms with Crippen molar-refractivity contribution in [1.29, 1.82) is 0 Å². The summed E-state index contributed by atoms with van der Waals surface area (Å²) in [5.74, 6) is 0.415. The van der Waals surface area contributed by atoms with E-state index in [9.17, 15) is 0 Å². The van der Waals surface area contributed by atoms with E-state index < -0.39 is 5.79 Å². The fourth-order valence-electron chi connectivity index (χ4n) is 3.79. The lowest BCUT2D eigenvalue weighted by Crippen LogP contribution is -2.45. The Kier molecular flexibility index (Phi) is 5.88. The van der Waals surface area contributed by atoms with E-state index in [0.29, 0.717) is 11.9 Å². The zero-order valence-corrected chi connectivity index (χ0v) is 18.4. The van der Waals surface area contributed by atoms with Crippen molar-refractivity contribution in [1.82, 2.24) is 0 Å². The molecule has 3 rings (SSSR count). The second-order valence-corrected chi connectivity index (χ2v) is 9.39. The molecule has 1 fully saturated rings. The van der Waals surface area contributed by atoms with Crippen LogP contribution in [0.15, 0.2) is 33.5 Å². The van der Waals surface area contributed by atoms with Gasteiger partial charge in [0.15, 0.2) is 0 Å². The van der Waals surface area contributed by atoms with Crippen molar-refractivity contribution in [2.24, 2.45) is 0 Å². The fraction of sp³-hybridized carbons (Fsp3) is 0.667. The molecule has 1 aliphatic carbocycles. The zero-order chi connectivity index (χ0) is 20.4. The fourth-order valence-corrected chi connectivity index (χ4v) is 3.79. The topological polar surface area (TPSA) is 44.7 Å². The van der Waals surface area contributed by atoms with Gasteiger partial charge in [-0.05, 0) is 48.6 Å². The van der Waals surface area contributed by atoms with Crippen molar-refractivity contribution >= 4 is 0 Å². The van der Waals surface area contributed by atoms with Crippen LogP contribution in [0.1, 0.15) is 97.6 Å². The van der Waals surface area contributed by atoms with Crippen LogP contribution in [0.25, 0.3) is 0 Å². The molecule has 0 spiro atoms. The van der Waals surface area contributed by atoms with Crippen molar-refractivity contribution in [2.75, 3.05) is 0 Å². The van der Waals surface area contributed by atoms with Gasteiger partial charge in [-0.2, -0.15) is 0 Å². The third kappa shape index (κ3) is 4.11. The predicted octanol–water partition coefficient (Wildman–Crippen LogP) is 7.37. The van der Waals surface area contributed by atoms with Crippen LogP contribution in [0.3, 0.4) is 0 Å². The van der Waals surface area contributed by atoms with E-state index >= 15 is 0 Å². The maximum absolute atomic E-state index is 6.53. The van der Waals surface area contributed by atoms with Crippen molar-refractivity contribution in [3.63, 3.8) is 0 Å². The smallest absolute Gasteiger partial charge is 0.291 e. The lowest BCUT2D eigenvalue weighted by Gasteiger charge is -2.37. The highest BCUT2D eigenvalue weighted by Gasteiger charge is 2.41. The van der Waals surface area contributed by atoms with Gasteiger partial charge in [0.25, 0.3) is 17.7 Å². The highest BCUT2D eigenvalue weighted by Crippen LogP contribution is 2.43. The predicted molar refractivity (Wildman–Crippen MR) is 111 cm³/mol. The van der Waals surface area contributed by atoms with Gasteiger partial charge >= 0.3 is 0 Å². The Morgan fingerprint density at radius 3 is 1.61 bits per heavy atom. The first-order chi connectivity index (χ1) is 13.2. The third-order valence-corrected chi connectivity index (χ3v) is 6.66. The Morgan fingerprint density at radius 1 is 0.786 bits per heavy atom. The molecule has 4 nitrogen and oxygen atoms in total. The Bertz CT molecular complexity index is 701. The number of rotatable bonds is 8. The molecule has 0 saturated heterocycles. The molecule has 156 valence electrons. The van der Waals surface area contributed by atoms with E-state index in [1.807, 2.05) is 12.1 Å². The van der Waals surface area contributed by atoms with E-state index in [0.717, 1.165) is 49.7 Å². The standard InChI is InChI=1S/C24H36O4/c1-7-22(3,4)18-12-16-25-20(18)27-24(14-10-9-11-15-24)28-21-19(13-17-26-21)23(5,6)8-2/h12-13,16-17H,7-11,14-15H2,1-6H3. The van der Waals surface area contributed by atoms with Crippen molar-refractivity contribution < 1.29 is 18.3 Å². The zero-order valence-electron chi connectivity index (χ0n) is 18.4. The number of hydrogen-bond acceptors (Lipinski definition) is 4. The average Bonchev–Trinajstić information content (AvgIpc) is 3.32. The SMILES string of the molecule is CCC(C)(C)c1ccoc1OC1(Oc2occc2C(C)(C)CC)CCCCC1. The van der Waals surface area contributed by atoms with E-state index in [1.165, 1.54) is 6.42 Å². The quantitative estimate of drug-likeness (QED) is 0.443. The monoisotopic (exact) mass is 388 g/mol. The lowest BCUT2D eigenvalue weighted by atomic mass is 9.83. The summed E-state index contributed by atoms with van der Waals surface area (Å²) in [7, 11) is 0. The number of furan rings is 2. The van der Waals surface area contributed by atoms with Crippen LogP contribution in [0, 0.1) is 0 Å². The molecule has 0 radical (unpaired) electrons. The van der Waals surface area contributed by atoms with Crippen LogP contribution >= 0.6 is 0 Å². The minimum absolute atomic E-state index is 0.0156. The summed E-state index contributed by atoms with van der Waals surface area (Å²) in [6.07, 6.45) is 10.4. The van der Waals surface area contributed by atoms with E-state index in [2.05, 4.69) is 41.5 Å². The van der Waals surface area contributed by atoms with E-state index in [1.54, 1.807) is 12.5 Å². The molecule has 0 aliphatic heterocycles. The van der Waals surface area contributed by atoms with Crippen molar-refractivity contribution in [3.8, 4) is 11.9 Å². The van der Waals surface area contributed by atoms with Crippen molar-refractivity contribution in [2.45, 2.75) is 103 Å². The van der Waals surface area contributed by atoms with Gasteiger partial charge in [-0.3, -0.25) is 0 Å². The summed E-state index contributed by atoms with van der Waals surface area (Å²) in [6.45, 7) is 13.2. The minimum atomic E-state index is -0.745. The maximum atomic E-state index is 6.53. The third-order valence-electron chi connectivity index (χ3n) is 6.66. The molecule has 2 heterocycles. The first kappa shape index (κ1) is 20.9. The summed E-state index contributed by atoms with van der Waals surface area (Å²) in [5, 5.41) is 0. The molecular formula is C24H36O4. The van der Waals surface area contributed by atoms with Crippen LogP contribution in [0.4, 0.5) is 0 Å². The summed E-state index contributed by atoms with van der Waals surface area (Å²) in [6, 6.07) is 4.04. The molecular weight excluding hydrogens is 352 g/mol. The van der Waals surface area contributed by atoms with Crippen LogP contribution in [0.2, 0.25) is 0 Å². The van der Waals surface area contributed by atoms with Gasteiger partial charge < -0.3 is 18.3 Å². The molecule has 1 aliphatic rings. The van der Waals surface area contributed by atoms with Gasteiger partial charge in [0.2, 0.25) is 0 Å². The summed E-state index contributed by atoms with van der Waals surface area (Å²) in [5.41, 5.74) is 2.16. The summed E-state index contributed by atoms with van der Waals surface area (Å²) in [4.78, 5) is 0. The summed E-state index contributed by atoms with van der Waals surface area (Å²) >= 11 is 0. The lowest BCUT2D eigenvalue weighted by molar-refractivity contribution is -0.157. The molecule has 2 aromatic heterocycles. The number of hydrogen-bond donors (Lipinski definition) is 0. The molecule has 0 atom stereocenters. The first-order valence-electron chi connectivity index (χ1n) is 10.8. The average molecular weight is 389 g/mol. The molecule has 1 saturated carbocycles. The van der Waals surface area contributed by atoms with Crippen LogP contribution in [0.5, 0.6) is 11.9 Å². The Hall–Kier alpha value is -1.84. The first-order valence-corrected chi connectivity index (χ1v) is 10.8.